The number of hydrogen-bond acceptors (Lipinski definition) is 1. The van der Waals surface area contributed by atoms with Gasteiger partial charge in [-0.05, 0) is 30.4 Å². The highest BCUT2D eigenvalue weighted by Crippen LogP contribution is 2.39. The van der Waals surface area contributed by atoms with E-state index in [4.69, 9.17) is 6.42 Å². The van der Waals surface area contributed by atoms with Crippen LogP contribution in [0.1, 0.15) is 30.0 Å². The molecule has 0 atom stereocenters. The molecular weight excluding hydrogens is 184 g/mol. The van der Waals surface area contributed by atoms with Crippen molar-refractivity contribution in [2.45, 2.75) is 25.2 Å². The molecule has 1 saturated carbocycles. The normalized spacial score (nSPS) is 15.4. The molecule has 0 N–H and O–H groups in total. The van der Waals surface area contributed by atoms with Crippen molar-refractivity contribution in [1.29, 1.82) is 0 Å². The van der Waals surface area contributed by atoms with Gasteiger partial charge in [-0.3, -0.25) is 0 Å². The lowest BCUT2D eigenvalue weighted by atomic mass is 10.2. The highest BCUT2D eigenvalue weighted by molar-refractivity contribution is 5.43. The summed E-state index contributed by atoms with van der Waals surface area (Å²) >= 11 is 0. The summed E-state index contributed by atoms with van der Waals surface area (Å²) in [5.74, 6) is 3.40. The summed E-state index contributed by atoms with van der Waals surface area (Å²) in [7, 11) is 0. The summed E-state index contributed by atoms with van der Waals surface area (Å²) in [5, 5.41) is 0. The van der Waals surface area contributed by atoms with E-state index >= 15 is 0 Å². The Morgan fingerprint density at radius 3 is 3.00 bits per heavy atom. The van der Waals surface area contributed by atoms with Crippen LogP contribution in [-0.2, 0) is 6.42 Å². The van der Waals surface area contributed by atoms with Gasteiger partial charge in [0.1, 0.15) is 5.65 Å². The van der Waals surface area contributed by atoms with Gasteiger partial charge in [-0.2, -0.15) is 0 Å². The molecule has 2 aromatic heterocycles. The maximum Gasteiger partial charge on any atom is 0.137 e. The quantitative estimate of drug-likeness (QED) is 0.674. The molecule has 0 unspecified atom stereocenters. The lowest BCUT2D eigenvalue weighted by Crippen LogP contribution is -1.86. The molecule has 15 heavy (non-hydrogen) atoms. The summed E-state index contributed by atoms with van der Waals surface area (Å²) in [6.07, 6.45) is 12.8. The van der Waals surface area contributed by atoms with Gasteiger partial charge in [0, 0.05) is 12.4 Å². The molecule has 0 amide bonds. The fourth-order valence-electron chi connectivity index (χ4n) is 1.91. The predicted molar refractivity (Wildman–Crippen MR) is 59.7 cm³/mol. The number of imidazole rings is 1. The standard InChI is InChI=1S/C13H12N2/c1-2-3-12-9-15-8-11(10-4-5-10)6-7-13(15)14-12/h1,6-10H,3-5H2. The predicted octanol–water partition coefficient (Wildman–Crippen LogP) is 2.39. The first-order chi connectivity index (χ1) is 7.36. The van der Waals surface area contributed by atoms with E-state index in [1.165, 1.54) is 18.4 Å². The Balaban J connectivity index is 2.06. The summed E-state index contributed by atoms with van der Waals surface area (Å²) in [5.41, 5.74) is 3.39. The van der Waals surface area contributed by atoms with E-state index in [-0.39, 0.29) is 0 Å². The fourth-order valence-corrected chi connectivity index (χ4v) is 1.91. The second-order valence-electron chi connectivity index (χ2n) is 4.12. The van der Waals surface area contributed by atoms with E-state index in [1.54, 1.807) is 0 Å². The SMILES string of the molecule is C#CCc1cn2cc(C3CC3)ccc2n1. The Kier molecular flexibility index (Phi) is 1.78. The van der Waals surface area contributed by atoms with Crippen molar-refractivity contribution < 1.29 is 0 Å². The molecule has 1 aliphatic carbocycles. The van der Waals surface area contributed by atoms with E-state index < -0.39 is 0 Å². The molecule has 2 aromatic rings. The first-order valence-electron chi connectivity index (χ1n) is 5.28. The van der Waals surface area contributed by atoms with Crippen LogP contribution < -0.4 is 0 Å². The summed E-state index contributed by atoms with van der Waals surface area (Å²) < 4.78 is 2.08. The molecule has 0 aliphatic heterocycles. The van der Waals surface area contributed by atoms with Gasteiger partial charge in [-0.15, -0.1) is 12.3 Å². The van der Waals surface area contributed by atoms with E-state index in [0.29, 0.717) is 6.42 Å². The molecule has 0 radical (unpaired) electrons. The minimum absolute atomic E-state index is 0.612. The van der Waals surface area contributed by atoms with E-state index in [1.807, 2.05) is 6.20 Å². The zero-order chi connectivity index (χ0) is 10.3. The molecule has 2 heterocycles. The molecule has 0 aromatic carbocycles. The Morgan fingerprint density at radius 1 is 1.40 bits per heavy atom. The van der Waals surface area contributed by atoms with Gasteiger partial charge in [0.05, 0.1) is 12.1 Å². The Hall–Kier alpha value is -1.75. The van der Waals surface area contributed by atoms with Gasteiger partial charge in [0.25, 0.3) is 0 Å². The number of aromatic nitrogens is 2. The Morgan fingerprint density at radius 2 is 2.27 bits per heavy atom. The molecule has 2 nitrogen and oxygen atoms in total. The first-order valence-corrected chi connectivity index (χ1v) is 5.28. The van der Waals surface area contributed by atoms with Gasteiger partial charge in [0.15, 0.2) is 0 Å². The maximum absolute atomic E-state index is 5.27. The minimum atomic E-state index is 0.612. The van der Waals surface area contributed by atoms with E-state index in [2.05, 4.69) is 33.6 Å². The smallest absolute Gasteiger partial charge is 0.137 e. The van der Waals surface area contributed by atoms with Crippen LogP contribution in [0.15, 0.2) is 24.5 Å². The molecule has 0 bridgehead atoms. The number of hydrogen-bond donors (Lipinski definition) is 0. The molecule has 74 valence electrons. The molecule has 1 fully saturated rings. The van der Waals surface area contributed by atoms with Crippen molar-refractivity contribution in [1.82, 2.24) is 9.38 Å². The van der Waals surface area contributed by atoms with Crippen molar-refractivity contribution in [3.8, 4) is 12.3 Å². The van der Waals surface area contributed by atoms with Crippen LogP contribution in [-0.4, -0.2) is 9.38 Å². The zero-order valence-corrected chi connectivity index (χ0v) is 8.48. The third-order valence-corrected chi connectivity index (χ3v) is 2.86. The van der Waals surface area contributed by atoms with Gasteiger partial charge < -0.3 is 4.40 Å². The average molecular weight is 196 g/mol. The van der Waals surface area contributed by atoms with Crippen molar-refractivity contribution in [2.75, 3.05) is 0 Å². The largest absolute Gasteiger partial charge is 0.307 e. The Bertz CT molecular complexity index is 541. The van der Waals surface area contributed by atoms with Crippen LogP contribution in [0.2, 0.25) is 0 Å². The van der Waals surface area contributed by atoms with Crippen LogP contribution in [0.5, 0.6) is 0 Å². The van der Waals surface area contributed by atoms with Crippen molar-refractivity contribution >= 4 is 5.65 Å². The second-order valence-corrected chi connectivity index (χ2v) is 4.12. The molecule has 0 saturated heterocycles. The molecule has 0 spiro atoms. The van der Waals surface area contributed by atoms with Crippen LogP contribution in [0.4, 0.5) is 0 Å². The fraction of sp³-hybridized carbons (Fsp3) is 0.308. The first kappa shape index (κ1) is 8.55. The third kappa shape index (κ3) is 1.50. The van der Waals surface area contributed by atoms with E-state index in [0.717, 1.165) is 17.3 Å². The zero-order valence-electron chi connectivity index (χ0n) is 8.48. The third-order valence-electron chi connectivity index (χ3n) is 2.86. The summed E-state index contributed by atoms with van der Waals surface area (Å²) in [4.78, 5) is 4.44. The van der Waals surface area contributed by atoms with Gasteiger partial charge >= 0.3 is 0 Å². The van der Waals surface area contributed by atoms with Crippen molar-refractivity contribution in [3.63, 3.8) is 0 Å². The summed E-state index contributed by atoms with van der Waals surface area (Å²) in [6.45, 7) is 0. The van der Waals surface area contributed by atoms with Crippen molar-refractivity contribution in [2.24, 2.45) is 0 Å². The molecule has 3 rings (SSSR count). The van der Waals surface area contributed by atoms with Crippen LogP contribution in [0.25, 0.3) is 5.65 Å². The monoisotopic (exact) mass is 196 g/mol. The van der Waals surface area contributed by atoms with Gasteiger partial charge in [-0.1, -0.05) is 6.07 Å². The summed E-state index contributed by atoms with van der Waals surface area (Å²) in [6, 6.07) is 4.26. The highest BCUT2D eigenvalue weighted by atomic mass is 15.0. The number of rotatable bonds is 2. The van der Waals surface area contributed by atoms with Crippen LogP contribution >= 0.6 is 0 Å². The minimum Gasteiger partial charge on any atom is -0.307 e. The highest BCUT2D eigenvalue weighted by Gasteiger charge is 2.23. The van der Waals surface area contributed by atoms with E-state index in [9.17, 15) is 0 Å². The lowest BCUT2D eigenvalue weighted by Gasteiger charge is -1.98. The molecular formula is C13H12N2. The topological polar surface area (TPSA) is 17.3 Å². The van der Waals surface area contributed by atoms with Crippen LogP contribution in [0.3, 0.4) is 0 Å². The van der Waals surface area contributed by atoms with Crippen molar-refractivity contribution in [3.05, 3.63) is 35.8 Å². The molecule has 1 aliphatic rings. The molecule has 2 heteroatoms. The second kappa shape index (κ2) is 3.13. The van der Waals surface area contributed by atoms with Gasteiger partial charge in [-0.25, -0.2) is 4.98 Å². The van der Waals surface area contributed by atoms with Gasteiger partial charge in [0.2, 0.25) is 0 Å². The number of terminal acetylenes is 1. The average Bonchev–Trinajstić information content (AvgIpc) is 2.99. The Labute approximate surface area is 89.0 Å². The lowest BCUT2D eigenvalue weighted by molar-refractivity contribution is 1.06. The number of pyridine rings is 1. The maximum atomic E-state index is 5.27. The number of nitrogens with zero attached hydrogens (tertiary/aromatic N) is 2. The number of fused-ring (bicyclic) bond motifs is 1. The van der Waals surface area contributed by atoms with Crippen LogP contribution in [0, 0.1) is 12.3 Å².